The predicted molar refractivity (Wildman–Crippen MR) is 77.6 cm³/mol. The van der Waals surface area contributed by atoms with Gasteiger partial charge in [0.2, 0.25) is 0 Å². The molecule has 1 N–H and O–H groups in total. The van der Waals surface area contributed by atoms with Gasteiger partial charge in [-0.15, -0.1) is 0 Å². The summed E-state index contributed by atoms with van der Waals surface area (Å²) in [5.74, 6) is -1.36. The number of hydrogen-bond acceptors (Lipinski definition) is 5. The highest BCUT2D eigenvalue weighted by atomic mass is 32.1. The lowest BCUT2D eigenvalue weighted by Gasteiger charge is -2.25. The van der Waals surface area contributed by atoms with Gasteiger partial charge in [-0.1, -0.05) is 0 Å². The molecule has 2 aromatic heterocycles. The molecule has 0 unspecified atom stereocenters. The lowest BCUT2D eigenvalue weighted by Crippen LogP contribution is -2.54. The molecule has 7 heteroatoms. The van der Waals surface area contributed by atoms with Gasteiger partial charge in [0.25, 0.3) is 11.8 Å². The number of urea groups is 1. The Hall–Kier alpha value is -2.80. The zero-order chi connectivity index (χ0) is 14.8. The van der Waals surface area contributed by atoms with E-state index in [-0.39, 0.29) is 5.57 Å². The maximum Gasteiger partial charge on any atom is 0.336 e. The Morgan fingerprint density at radius 2 is 2.10 bits per heavy atom. The van der Waals surface area contributed by atoms with Crippen molar-refractivity contribution in [1.82, 2.24) is 10.3 Å². The average molecular weight is 299 g/mol. The molecule has 3 rings (SSSR count). The smallest absolute Gasteiger partial charge is 0.273 e. The molecule has 0 aliphatic carbocycles. The first-order valence-electron chi connectivity index (χ1n) is 6.00. The Balaban J connectivity index is 2.02. The first-order valence-corrected chi connectivity index (χ1v) is 6.95. The van der Waals surface area contributed by atoms with Crippen molar-refractivity contribution in [1.29, 1.82) is 0 Å². The second-order valence-corrected chi connectivity index (χ2v) is 5.01. The summed E-state index contributed by atoms with van der Waals surface area (Å²) in [6.45, 7) is 0. The number of imide groups is 2. The quantitative estimate of drug-likeness (QED) is 0.677. The van der Waals surface area contributed by atoms with E-state index in [1.807, 2.05) is 5.38 Å². The third-order valence-corrected chi connectivity index (χ3v) is 3.56. The molecule has 1 aliphatic rings. The van der Waals surface area contributed by atoms with Crippen molar-refractivity contribution < 1.29 is 14.4 Å². The summed E-state index contributed by atoms with van der Waals surface area (Å²) >= 11 is 1.45. The number of rotatable bonds is 2. The van der Waals surface area contributed by atoms with Crippen LogP contribution in [-0.4, -0.2) is 22.8 Å². The number of amides is 4. The fourth-order valence-corrected chi connectivity index (χ4v) is 2.52. The Kier molecular flexibility index (Phi) is 3.33. The lowest BCUT2D eigenvalue weighted by molar-refractivity contribution is -0.122. The van der Waals surface area contributed by atoms with E-state index in [0.717, 1.165) is 10.5 Å². The number of anilines is 1. The molecule has 21 heavy (non-hydrogen) atoms. The van der Waals surface area contributed by atoms with E-state index in [0.29, 0.717) is 5.69 Å². The van der Waals surface area contributed by atoms with E-state index < -0.39 is 17.8 Å². The van der Waals surface area contributed by atoms with Gasteiger partial charge in [0.15, 0.2) is 0 Å². The molecule has 0 spiro atoms. The van der Waals surface area contributed by atoms with Gasteiger partial charge in [0, 0.05) is 6.20 Å². The number of thiophene rings is 1. The molecule has 104 valence electrons. The van der Waals surface area contributed by atoms with E-state index in [4.69, 9.17) is 0 Å². The summed E-state index contributed by atoms with van der Waals surface area (Å²) in [6.07, 6.45) is 4.38. The highest BCUT2D eigenvalue weighted by molar-refractivity contribution is 7.08. The third-order valence-electron chi connectivity index (χ3n) is 2.86. The fraction of sp³-hybridized carbons (Fsp3) is 0. The summed E-state index contributed by atoms with van der Waals surface area (Å²) in [5, 5.41) is 5.79. The molecule has 0 atom stereocenters. The minimum atomic E-state index is -0.777. The van der Waals surface area contributed by atoms with Crippen LogP contribution in [0.3, 0.4) is 0 Å². The minimum absolute atomic E-state index is 0.0862. The van der Waals surface area contributed by atoms with Crippen LogP contribution in [0.5, 0.6) is 0 Å². The van der Waals surface area contributed by atoms with Gasteiger partial charge < -0.3 is 0 Å². The van der Waals surface area contributed by atoms with Crippen LogP contribution in [0.25, 0.3) is 6.08 Å². The van der Waals surface area contributed by atoms with Crippen molar-refractivity contribution in [2.45, 2.75) is 0 Å². The third kappa shape index (κ3) is 2.46. The second kappa shape index (κ2) is 5.29. The second-order valence-electron chi connectivity index (χ2n) is 4.23. The molecule has 0 aromatic carbocycles. The van der Waals surface area contributed by atoms with Crippen LogP contribution < -0.4 is 10.2 Å². The summed E-state index contributed by atoms with van der Waals surface area (Å²) in [5.41, 5.74) is 0.958. The molecule has 1 saturated heterocycles. The minimum Gasteiger partial charge on any atom is -0.273 e. The van der Waals surface area contributed by atoms with Gasteiger partial charge in [0.1, 0.15) is 5.57 Å². The fourth-order valence-electron chi connectivity index (χ4n) is 1.90. The Morgan fingerprint density at radius 1 is 1.24 bits per heavy atom. The van der Waals surface area contributed by atoms with E-state index in [9.17, 15) is 14.4 Å². The number of nitrogens with zero attached hydrogens (tertiary/aromatic N) is 2. The van der Waals surface area contributed by atoms with Crippen LogP contribution in [0.2, 0.25) is 0 Å². The largest absolute Gasteiger partial charge is 0.336 e. The molecule has 0 bridgehead atoms. The van der Waals surface area contributed by atoms with Crippen LogP contribution in [0.4, 0.5) is 10.5 Å². The molecule has 1 aliphatic heterocycles. The van der Waals surface area contributed by atoms with Gasteiger partial charge in [-0.2, -0.15) is 11.3 Å². The normalized spacial score (nSPS) is 17.2. The van der Waals surface area contributed by atoms with Crippen LogP contribution in [0, 0.1) is 0 Å². The standard InChI is InChI=1S/C14H9N3O3S/c18-12-11(6-9-3-5-21-8-9)13(19)17(14(20)16-12)10-2-1-4-15-7-10/h1-8H,(H,16,18,20)/b11-6+. The van der Waals surface area contributed by atoms with Crippen LogP contribution in [0.1, 0.15) is 5.56 Å². The number of pyridine rings is 1. The zero-order valence-electron chi connectivity index (χ0n) is 10.6. The number of hydrogen-bond donors (Lipinski definition) is 1. The maximum absolute atomic E-state index is 12.4. The van der Waals surface area contributed by atoms with Crippen molar-refractivity contribution >= 4 is 40.9 Å². The van der Waals surface area contributed by atoms with Gasteiger partial charge >= 0.3 is 6.03 Å². The monoisotopic (exact) mass is 299 g/mol. The van der Waals surface area contributed by atoms with E-state index in [1.165, 1.54) is 29.8 Å². The first kappa shape index (κ1) is 13.2. The highest BCUT2D eigenvalue weighted by Gasteiger charge is 2.36. The van der Waals surface area contributed by atoms with Gasteiger partial charge in [-0.25, -0.2) is 9.69 Å². The number of barbiturate groups is 1. The highest BCUT2D eigenvalue weighted by Crippen LogP contribution is 2.21. The Labute approximate surface area is 123 Å². The van der Waals surface area contributed by atoms with Crippen LogP contribution in [0.15, 0.2) is 46.9 Å². The summed E-state index contributed by atoms with van der Waals surface area (Å²) < 4.78 is 0. The zero-order valence-corrected chi connectivity index (χ0v) is 11.5. The van der Waals surface area contributed by atoms with Gasteiger partial charge in [-0.05, 0) is 40.6 Å². The van der Waals surface area contributed by atoms with Crippen molar-refractivity contribution in [3.8, 4) is 0 Å². The average Bonchev–Trinajstić information content (AvgIpc) is 2.97. The molecular weight excluding hydrogens is 290 g/mol. The van der Waals surface area contributed by atoms with Crippen molar-refractivity contribution in [3.05, 3.63) is 52.5 Å². The summed E-state index contributed by atoms with van der Waals surface area (Å²) in [6, 6.07) is 4.18. The molecule has 3 heterocycles. The lowest BCUT2D eigenvalue weighted by atomic mass is 10.1. The Morgan fingerprint density at radius 3 is 2.76 bits per heavy atom. The Bertz CT molecular complexity index is 738. The molecule has 6 nitrogen and oxygen atoms in total. The van der Waals surface area contributed by atoms with Gasteiger partial charge in [0.05, 0.1) is 11.9 Å². The summed E-state index contributed by atoms with van der Waals surface area (Å²) in [4.78, 5) is 40.9. The number of carbonyl (C=O) groups excluding carboxylic acids is 3. The van der Waals surface area contributed by atoms with Crippen LogP contribution >= 0.6 is 11.3 Å². The SMILES string of the molecule is O=C1NC(=O)N(c2cccnc2)C(=O)/C1=C/c1ccsc1. The van der Waals surface area contributed by atoms with Gasteiger partial charge in [-0.3, -0.25) is 19.9 Å². The van der Waals surface area contributed by atoms with Crippen LogP contribution in [-0.2, 0) is 9.59 Å². The van der Waals surface area contributed by atoms with E-state index in [2.05, 4.69) is 10.3 Å². The first-order chi connectivity index (χ1) is 10.2. The van der Waals surface area contributed by atoms with Crippen molar-refractivity contribution in [2.24, 2.45) is 0 Å². The molecule has 4 amide bonds. The maximum atomic E-state index is 12.4. The number of carbonyl (C=O) groups is 3. The molecule has 2 aromatic rings. The van der Waals surface area contributed by atoms with Crippen molar-refractivity contribution in [3.63, 3.8) is 0 Å². The van der Waals surface area contributed by atoms with Crippen molar-refractivity contribution in [2.75, 3.05) is 4.90 Å². The molecule has 0 saturated carbocycles. The summed E-state index contributed by atoms with van der Waals surface area (Å²) in [7, 11) is 0. The molecule has 1 fully saturated rings. The molecule has 0 radical (unpaired) electrons. The number of nitrogens with one attached hydrogen (secondary N) is 1. The predicted octanol–water partition coefficient (Wildman–Crippen LogP) is 1.81. The topological polar surface area (TPSA) is 79.4 Å². The van der Waals surface area contributed by atoms with E-state index in [1.54, 1.807) is 23.6 Å². The molecular formula is C14H9N3O3S. The number of aromatic nitrogens is 1. The van der Waals surface area contributed by atoms with E-state index >= 15 is 0 Å².